The van der Waals surface area contributed by atoms with Gasteiger partial charge in [-0.15, -0.1) is 0 Å². The minimum atomic E-state index is 0.184. The Morgan fingerprint density at radius 2 is 2.24 bits per heavy atom. The molecule has 0 saturated carbocycles. The molecule has 6 heteroatoms. The smallest absolute Gasteiger partial charge is 0.138 e. The van der Waals surface area contributed by atoms with Crippen molar-refractivity contribution in [1.29, 1.82) is 0 Å². The molecule has 1 unspecified atom stereocenters. The number of hydrogen-bond acceptors (Lipinski definition) is 4. The number of nitrogens with one attached hydrogen (secondary N) is 1. The van der Waals surface area contributed by atoms with Crippen molar-refractivity contribution in [3.63, 3.8) is 0 Å². The third kappa shape index (κ3) is 2.71. The van der Waals surface area contributed by atoms with E-state index in [1.54, 1.807) is 11.0 Å². The van der Waals surface area contributed by atoms with Crippen LogP contribution in [0.5, 0.6) is 0 Å². The van der Waals surface area contributed by atoms with Crippen LogP contribution in [0, 0.1) is 0 Å². The first-order valence-electron chi connectivity index (χ1n) is 5.76. The van der Waals surface area contributed by atoms with Crippen LogP contribution in [0.25, 0.3) is 0 Å². The average molecular weight is 234 g/mol. The highest BCUT2D eigenvalue weighted by atomic mass is 15.3. The third-order valence-electron chi connectivity index (χ3n) is 2.73. The summed E-state index contributed by atoms with van der Waals surface area (Å²) in [6.45, 7) is 2.99. The summed E-state index contributed by atoms with van der Waals surface area (Å²) in [6, 6.07) is 2.22. The van der Waals surface area contributed by atoms with Gasteiger partial charge in [0.1, 0.15) is 12.2 Å². The molecular formula is C11H18N6. The number of rotatable bonds is 5. The zero-order chi connectivity index (χ0) is 12.3. The molecule has 6 nitrogen and oxygen atoms in total. The quantitative estimate of drug-likeness (QED) is 0.815. The van der Waals surface area contributed by atoms with Gasteiger partial charge >= 0.3 is 0 Å². The van der Waals surface area contributed by atoms with E-state index in [1.165, 1.54) is 0 Å². The van der Waals surface area contributed by atoms with Crippen LogP contribution in [0.1, 0.15) is 24.5 Å². The molecule has 0 amide bonds. The Morgan fingerprint density at radius 1 is 1.41 bits per heavy atom. The summed E-state index contributed by atoms with van der Waals surface area (Å²) in [6.07, 6.45) is 4.33. The molecule has 2 aromatic heterocycles. The molecule has 0 bridgehead atoms. The van der Waals surface area contributed by atoms with Gasteiger partial charge in [-0.25, -0.2) is 4.98 Å². The van der Waals surface area contributed by atoms with E-state index in [1.807, 2.05) is 31.0 Å². The monoisotopic (exact) mass is 234 g/mol. The standard InChI is InChI=1S/C11H18N6/c1-4-12-10(9-5-6-16(2)15-9)7-11-13-8-14-17(11)3/h5-6,8,10,12H,4,7H2,1-3H3. The molecule has 0 spiro atoms. The van der Waals surface area contributed by atoms with Gasteiger partial charge in [-0.3, -0.25) is 9.36 Å². The Kier molecular flexibility index (Phi) is 3.53. The summed E-state index contributed by atoms with van der Waals surface area (Å²) in [5, 5.41) is 11.9. The molecule has 17 heavy (non-hydrogen) atoms. The molecule has 2 heterocycles. The van der Waals surface area contributed by atoms with Crippen LogP contribution in [0.3, 0.4) is 0 Å². The maximum Gasteiger partial charge on any atom is 0.138 e. The molecular weight excluding hydrogens is 216 g/mol. The second kappa shape index (κ2) is 5.09. The van der Waals surface area contributed by atoms with Crippen LogP contribution in [-0.2, 0) is 20.5 Å². The van der Waals surface area contributed by atoms with Crippen LogP contribution in [-0.4, -0.2) is 31.1 Å². The number of hydrogen-bond donors (Lipinski definition) is 1. The van der Waals surface area contributed by atoms with Crippen LogP contribution < -0.4 is 5.32 Å². The van der Waals surface area contributed by atoms with E-state index >= 15 is 0 Å². The van der Waals surface area contributed by atoms with Crippen molar-refractivity contribution in [3.05, 3.63) is 30.1 Å². The fraction of sp³-hybridized carbons (Fsp3) is 0.545. The normalized spacial score (nSPS) is 12.9. The first-order valence-corrected chi connectivity index (χ1v) is 5.76. The Bertz CT molecular complexity index is 472. The molecule has 0 radical (unpaired) electrons. The van der Waals surface area contributed by atoms with Crippen LogP contribution in [0.2, 0.25) is 0 Å². The predicted molar refractivity (Wildman–Crippen MR) is 64.3 cm³/mol. The lowest BCUT2D eigenvalue weighted by Crippen LogP contribution is -2.24. The van der Waals surface area contributed by atoms with Gasteiger partial charge in [0, 0.05) is 26.7 Å². The molecule has 0 saturated heterocycles. The SMILES string of the molecule is CCNC(Cc1ncnn1C)c1ccn(C)n1. The first kappa shape index (κ1) is 11.8. The van der Waals surface area contributed by atoms with Crippen LogP contribution in [0.4, 0.5) is 0 Å². The molecule has 0 aliphatic heterocycles. The van der Waals surface area contributed by atoms with E-state index in [9.17, 15) is 0 Å². The van der Waals surface area contributed by atoms with E-state index in [2.05, 4.69) is 27.4 Å². The van der Waals surface area contributed by atoms with Crippen molar-refractivity contribution >= 4 is 0 Å². The van der Waals surface area contributed by atoms with Crippen LogP contribution >= 0.6 is 0 Å². The van der Waals surface area contributed by atoms with Gasteiger partial charge in [-0.1, -0.05) is 6.92 Å². The zero-order valence-electron chi connectivity index (χ0n) is 10.5. The van der Waals surface area contributed by atoms with E-state index in [4.69, 9.17) is 0 Å². The summed E-state index contributed by atoms with van der Waals surface area (Å²) < 4.78 is 3.61. The molecule has 0 aromatic carbocycles. The van der Waals surface area contributed by atoms with Gasteiger partial charge < -0.3 is 5.32 Å². The number of likely N-dealkylation sites (N-methyl/N-ethyl adjacent to an activating group) is 1. The highest BCUT2D eigenvalue weighted by Gasteiger charge is 2.16. The molecule has 2 rings (SSSR count). The first-order chi connectivity index (χ1) is 8.20. The number of nitrogens with zero attached hydrogens (tertiary/aromatic N) is 5. The Labute approximate surface area is 101 Å². The van der Waals surface area contributed by atoms with Crippen molar-refractivity contribution in [3.8, 4) is 0 Å². The summed E-state index contributed by atoms with van der Waals surface area (Å²) in [5.74, 6) is 0.960. The lowest BCUT2D eigenvalue weighted by Gasteiger charge is -2.14. The minimum absolute atomic E-state index is 0.184. The van der Waals surface area contributed by atoms with E-state index in [-0.39, 0.29) is 6.04 Å². The summed E-state index contributed by atoms with van der Waals surface area (Å²) >= 11 is 0. The second-order valence-corrected chi connectivity index (χ2v) is 4.03. The molecule has 0 fully saturated rings. The zero-order valence-corrected chi connectivity index (χ0v) is 10.5. The van der Waals surface area contributed by atoms with E-state index < -0.39 is 0 Å². The van der Waals surface area contributed by atoms with Crippen molar-refractivity contribution in [2.24, 2.45) is 14.1 Å². The molecule has 2 aromatic rings. The van der Waals surface area contributed by atoms with Crippen molar-refractivity contribution < 1.29 is 0 Å². The summed E-state index contributed by atoms with van der Waals surface area (Å²) in [4.78, 5) is 4.25. The van der Waals surface area contributed by atoms with Crippen molar-refractivity contribution in [1.82, 2.24) is 29.9 Å². The third-order valence-corrected chi connectivity index (χ3v) is 2.73. The van der Waals surface area contributed by atoms with Gasteiger partial charge in [0.15, 0.2) is 0 Å². The number of aromatic nitrogens is 5. The highest BCUT2D eigenvalue weighted by Crippen LogP contribution is 2.14. The fourth-order valence-electron chi connectivity index (χ4n) is 1.83. The topological polar surface area (TPSA) is 60.6 Å². The molecule has 1 atom stereocenters. The Morgan fingerprint density at radius 3 is 2.76 bits per heavy atom. The summed E-state index contributed by atoms with van der Waals surface area (Å²) in [7, 11) is 3.83. The maximum atomic E-state index is 4.44. The average Bonchev–Trinajstić information content (AvgIpc) is 2.88. The van der Waals surface area contributed by atoms with Gasteiger partial charge in [-0.2, -0.15) is 10.2 Å². The Hall–Kier alpha value is -1.69. The van der Waals surface area contributed by atoms with Gasteiger partial charge in [-0.05, 0) is 12.6 Å². The van der Waals surface area contributed by atoms with Crippen LogP contribution in [0.15, 0.2) is 18.6 Å². The van der Waals surface area contributed by atoms with Gasteiger partial charge in [0.05, 0.1) is 11.7 Å². The highest BCUT2D eigenvalue weighted by molar-refractivity contribution is 5.08. The minimum Gasteiger partial charge on any atom is -0.308 e. The molecule has 92 valence electrons. The van der Waals surface area contributed by atoms with Gasteiger partial charge in [0.2, 0.25) is 0 Å². The Balaban J connectivity index is 2.15. The van der Waals surface area contributed by atoms with E-state index in [0.29, 0.717) is 0 Å². The van der Waals surface area contributed by atoms with Crippen molar-refractivity contribution in [2.45, 2.75) is 19.4 Å². The lowest BCUT2D eigenvalue weighted by atomic mass is 10.1. The van der Waals surface area contributed by atoms with E-state index in [0.717, 1.165) is 24.5 Å². The molecule has 0 aliphatic carbocycles. The van der Waals surface area contributed by atoms with Gasteiger partial charge in [0.25, 0.3) is 0 Å². The largest absolute Gasteiger partial charge is 0.308 e. The van der Waals surface area contributed by atoms with Crippen molar-refractivity contribution in [2.75, 3.05) is 6.54 Å². The lowest BCUT2D eigenvalue weighted by molar-refractivity contribution is 0.504. The molecule has 0 aliphatic rings. The summed E-state index contributed by atoms with van der Waals surface area (Å²) in [5.41, 5.74) is 1.04. The number of aryl methyl sites for hydroxylation is 2. The molecule has 1 N–H and O–H groups in total. The fourth-order valence-corrected chi connectivity index (χ4v) is 1.83. The predicted octanol–water partition coefficient (Wildman–Crippen LogP) is 0.442. The maximum absolute atomic E-state index is 4.44. The second-order valence-electron chi connectivity index (χ2n) is 4.03.